The van der Waals surface area contributed by atoms with Gasteiger partial charge in [-0.05, 0) is 40.5 Å². The standard InChI is InChI=1S/2C5H12O2.Cu/c2*1-4(6)3-5(2)7;/h2*4-7H,3H2,1-2H3;/q;;+2. The molecule has 97 valence electrons. The van der Waals surface area contributed by atoms with Gasteiger partial charge in [0.2, 0.25) is 0 Å². The van der Waals surface area contributed by atoms with E-state index in [9.17, 15) is 0 Å². The summed E-state index contributed by atoms with van der Waals surface area (Å²) in [5, 5.41) is 34.3. The average molecular weight is 272 g/mol. The van der Waals surface area contributed by atoms with Crippen LogP contribution in [-0.4, -0.2) is 44.8 Å². The Labute approximate surface area is 103 Å². The van der Waals surface area contributed by atoms with Crippen molar-refractivity contribution in [2.45, 2.75) is 65.0 Å². The molecule has 0 aromatic carbocycles. The summed E-state index contributed by atoms with van der Waals surface area (Å²) in [6, 6.07) is 0. The first-order chi connectivity index (χ1) is 6.25. The minimum absolute atomic E-state index is 0. The maximum absolute atomic E-state index is 8.56. The van der Waals surface area contributed by atoms with Crippen molar-refractivity contribution in [3.63, 3.8) is 0 Å². The summed E-state index contributed by atoms with van der Waals surface area (Å²) in [5.41, 5.74) is 0. The van der Waals surface area contributed by atoms with Gasteiger partial charge in [0.05, 0.1) is 24.4 Å². The Morgan fingerprint density at radius 2 is 0.733 bits per heavy atom. The minimum Gasteiger partial charge on any atom is -0.393 e. The number of hydrogen-bond acceptors (Lipinski definition) is 4. The van der Waals surface area contributed by atoms with Crippen LogP contribution in [0, 0.1) is 0 Å². The van der Waals surface area contributed by atoms with Crippen LogP contribution in [0.15, 0.2) is 0 Å². The van der Waals surface area contributed by atoms with Crippen LogP contribution in [0.25, 0.3) is 0 Å². The number of hydrogen-bond donors (Lipinski definition) is 4. The molecule has 0 amide bonds. The van der Waals surface area contributed by atoms with Gasteiger partial charge in [-0.3, -0.25) is 0 Å². The first-order valence-electron chi connectivity index (χ1n) is 4.98. The molecule has 0 saturated heterocycles. The molecule has 4 nitrogen and oxygen atoms in total. The summed E-state index contributed by atoms with van der Waals surface area (Å²) >= 11 is 0. The summed E-state index contributed by atoms with van der Waals surface area (Å²) in [4.78, 5) is 0. The van der Waals surface area contributed by atoms with Crippen LogP contribution in [0.5, 0.6) is 0 Å². The molecule has 0 heterocycles. The summed E-state index contributed by atoms with van der Waals surface area (Å²) in [6.45, 7) is 6.64. The van der Waals surface area contributed by atoms with E-state index < -0.39 is 0 Å². The van der Waals surface area contributed by atoms with Crippen LogP contribution in [0.4, 0.5) is 0 Å². The maximum Gasteiger partial charge on any atom is 2.00 e. The van der Waals surface area contributed by atoms with E-state index in [-0.39, 0.29) is 41.5 Å². The van der Waals surface area contributed by atoms with Crippen molar-refractivity contribution in [2.24, 2.45) is 0 Å². The predicted octanol–water partition coefficient (Wildman–Crippen LogP) is 0.274. The van der Waals surface area contributed by atoms with Crippen molar-refractivity contribution in [3.05, 3.63) is 0 Å². The Morgan fingerprint density at radius 1 is 0.600 bits per heavy atom. The normalized spacial score (nSPS) is 17.6. The van der Waals surface area contributed by atoms with Crippen LogP contribution in [0.1, 0.15) is 40.5 Å². The molecule has 4 unspecified atom stereocenters. The SMILES string of the molecule is CC(O)CC(C)O.CC(O)CC(C)O.[Cu+2]. The van der Waals surface area contributed by atoms with Gasteiger partial charge in [-0.25, -0.2) is 0 Å². The molecule has 1 radical (unpaired) electrons. The quantitative estimate of drug-likeness (QED) is 0.554. The molecule has 0 rings (SSSR count). The Balaban J connectivity index is -0.000000180. The van der Waals surface area contributed by atoms with E-state index in [0.29, 0.717) is 12.8 Å². The molecular weight excluding hydrogens is 248 g/mol. The molecule has 4 atom stereocenters. The third kappa shape index (κ3) is 31.4. The van der Waals surface area contributed by atoms with Crippen molar-refractivity contribution >= 4 is 0 Å². The van der Waals surface area contributed by atoms with Crippen LogP contribution in [0.2, 0.25) is 0 Å². The van der Waals surface area contributed by atoms with Crippen LogP contribution in [-0.2, 0) is 17.1 Å². The third-order valence-corrected chi connectivity index (χ3v) is 1.36. The molecule has 0 fully saturated rings. The first kappa shape index (κ1) is 20.7. The second-order valence-corrected chi connectivity index (χ2v) is 3.87. The van der Waals surface area contributed by atoms with Gasteiger partial charge in [0.1, 0.15) is 0 Å². The van der Waals surface area contributed by atoms with E-state index in [1.165, 1.54) is 0 Å². The monoisotopic (exact) mass is 271 g/mol. The maximum atomic E-state index is 8.56. The predicted molar refractivity (Wildman–Crippen MR) is 56.0 cm³/mol. The van der Waals surface area contributed by atoms with Gasteiger partial charge in [0.25, 0.3) is 0 Å². The van der Waals surface area contributed by atoms with Gasteiger partial charge in [-0.1, -0.05) is 0 Å². The summed E-state index contributed by atoms with van der Waals surface area (Å²) in [6.07, 6.45) is -0.556. The third-order valence-electron chi connectivity index (χ3n) is 1.36. The zero-order valence-electron chi connectivity index (χ0n) is 9.81. The summed E-state index contributed by atoms with van der Waals surface area (Å²) < 4.78 is 0. The second-order valence-electron chi connectivity index (χ2n) is 3.87. The fraction of sp³-hybridized carbons (Fsp3) is 1.00. The summed E-state index contributed by atoms with van der Waals surface area (Å²) in [5.74, 6) is 0. The second kappa shape index (κ2) is 12.4. The van der Waals surface area contributed by atoms with Crippen LogP contribution in [0.3, 0.4) is 0 Å². The van der Waals surface area contributed by atoms with Crippen LogP contribution < -0.4 is 0 Å². The molecule has 0 aliphatic carbocycles. The van der Waals surface area contributed by atoms with Crippen LogP contribution >= 0.6 is 0 Å². The van der Waals surface area contributed by atoms with Crippen molar-refractivity contribution in [3.8, 4) is 0 Å². The molecule has 4 N–H and O–H groups in total. The molecule has 0 spiro atoms. The van der Waals surface area contributed by atoms with Crippen molar-refractivity contribution in [1.82, 2.24) is 0 Å². The molecule has 0 aromatic rings. The van der Waals surface area contributed by atoms with E-state index >= 15 is 0 Å². The number of rotatable bonds is 4. The Morgan fingerprint density at radius 3 is 0.733 bits per heavy atom. The fourth-order valence-corrected chi connectivity index (χ4v) is 0.987. The molecule has 5 heteroatoms. The van der Waals surface area contributed by atoms with E-state index in [1.54, 1.807) is 27.7 Å². The van der Waals surface area contributed by atoms with Gasteiger partial charge in [0, 0.05) is 0 Å². The Kier molecular flexibility index (Phi) is 17.2. The Hall–Kier alpha value is 0.359. The molecule has 0 aliphatic heterocycles. The zero-order chi connectivity index (χ0) is 11.7. The largest absolute Gasteiger partial charge is 2.00 e. The van der Waals surface area contributed by atoms with E-state index in [0.717, 1.165) is 0 Å². The number of aliphatic hydroxyl groups excluding tert-OH is 4. The van der Waals surface area contributed by atoms with Gasteiger partial charge in [0.15, 0.2) is 0 Å². The summed E-state index contributed by atoms with van der Waals surface area (Å²) in [7, 11) is 0. The van der Waals surface area contributed by atoms with E-state index in [1.807, 2.05) is 0 Å². The van der Waals surface area contributed by atoms with Crippen molar-refractivity contribution in [1.29, 1.82) is 0 Å². The molecule has 0 aromatic heterocycles. The molecular formula is C10H24CuO4+2. The van der Waals surface area contributed by atoms with Crippen molar-refractivity contribution < 1.29 is 37.5 Å². The smallest absolute Gasteiger partial charge is 0.393 e. The van der Waals surface area contributed by atoms with Gasteiger partial charge < -0.3 is 20.4 Å². The van der Waals surface area contributed by atoms with Gasteiger partial charge >= 0.3 is 17.1 Å². The van der Waals surface area contributed by atoms with Gasteiger partial charge in [-0.2, -0.15) is 0 Å². The molecule has 0 aliphatic rings. The minimum atomic E-state index is -0.375. The fourth-order valence-electron chi connectivity index (χ4n) is 0.987. The van der Waals surface area contributed by atoms with Crippen molar-refractivity contribution in [2.75, 3.05) is 0 Å². The van der Waals surface area contributed by atoms with E-state index in [4.69, 9.17) is 20.4 Å². The van der Waals surface area contributed by atoms with Gasteiger partial charge in [-0.15, -0.1) is 0 Å². The zero-order valence-corrected chi connectivity index (χ0v) is 10.8. The Bertz CT molecular complexity index is 90.0. The molecule has 0 saturated carbocycles. The molecule has 15 heavy (non-hydrogen) atoms. The van der Waals surface area contributed by atoms with E-state index in [2.05, 4.69) is 0 Å². The molecule has 0 bridgehead atoms. The first-order valence-corrected chi connectivity index (χ1v) is 4.98. The average Bonchev–Trinajstić information content (AvgIpc) is 1.79. The topological polar surface area (TPSA) is 80.9 Å². The number of aliphatic hydroxyl groups is 4.